The van der Waals surface area contributed by atoms with E-state index in [1.807, 2.05) is 38.1 Å². The minimum absolute atomic E-state index is 0.00856. The summed E-state index contributed by atoms with van der Waals surface area (Å²) in [4.78, 5) is 16.3. The Labute approximate surface area is 178 Å². The van der Waals surface area contributed by atoms with Gasteiger partial charge < -0.3 is 10.1 Å². The van der Waals surface area contributed by atoms with E-state index in [1.54, 1.807) is 18.3 Å². The van der Waals surface area contributed by atoms with Gasteiger partial charge in [-0.25, -0.2) is 0 Å². The van der Waals surface area contributed by atoms with Gasteiger partial charge in [0.25, 0.3) is 0 Å². The van der Waals surface area contributed by atoms with Gasteiger partial charge in [-0.1, -0.05) is 25.4 Å². The predicted molar refractivity (Wildman–Crippen MR) is 116 cm³/mol. The minimum atomic E-state index is 0.00856. The van der Waals surface area contributed by atoms with Crippen molar-refractivity contribution in [3.63, 3.8) is 0 Å². The van der Waals surface area contributed by atoms with Crippen molar-refractivity contribution < 1.29 is 9.53 Å². The molecule has 4 rings (SSSR count). The van der Waals surface area contributed by atoms with Crippen LogP contribution in [0.5, 0.6) is 5.75 Å². The van der Waals surface area contributed by atoms with Crippen molar-refractivity contribution in [1.29, 1.82) is 0 Å². The van der Waals surface area contributed by atoms with Crippen molar-refractivity contribution in [2.75, 3.05) is 11.9 Å². The van der Waals surface area contributed by atoms with Crippen molar-refractivity contribution in [2.45, 2.75) is 20.3 Å². The van der Waals surface area contributed by atoms with Crippen molar-refractivity contribution in [2.24, 2.45) is 5.92 Å². The third-order valence-corrected chi connectivity index (χ3v) is 4.71. The molecule has 0 aliphatic heterocycles. The molecule has 0 fully saturated rings. The van der Waals surface area contributed by atoms with Crippen LogP contribution in [0, 0.1) is 5.92 Å². The highest BCUT2D eigenvalue weighted by Crippen LogP contribution is 2.30. The number of aromatic amines is 2. The number of ether oxygens (including phenoxy) is 1. The Morgan fingerprint density at radius 2 is 2.07 bits per heavy atom. The molecule has 0 aliphatic rings. The molecule has 154 valence electrons. The molecule has 8 nitrogen and oxygen atoms in total. The number of nitrogens with one attached hydrogen (secondary N) is 3. The molecule has 0 aliphatic carbocycles. The van der Waals surface area contributed by atoms with E-state index < -0.39 is 0 Å². The second kappa shape index (κ2) is 8.54. The van der Waals surface area contributed by atoms with Crippen LogP contribution in [-0.4, -0.2) is 37.8 Å². The number of carbonyl (C=O) groups is 1. The molecule has 3 N–H and O–H groups in total. The van der Waals surface area contributed by atoms with Gasteiger partial charge in [0, 0.05) is 23.1 Å². The maximum atomic E-state index is 11.8. The van der Waals surface area contributed by atoms with Gasteiger partial charge in [-0.15, -0.1) is 5.10 Å². The van der Waals surface area contributed by atoms with Crippen LogP contribution < -0.4 is 10.1 Å². The van der Waals surface area contributed by atoms with Gasteiger partial charge in [-0.2, -0.15) is 10.1 Å². The van der Waals surface area contributed by atoms with Crippen molar-refractivity contribution in [3.05, 3.63) is 47.6 Å². The van der Waals surface area contributed by atoms with Crippen molar-refractivity contribution in [3.8, 4) is 17.1 Å². The Bertz CT molecular complexity index is 1180. The van der Waals surface area contributed by atoms with Crippen molar-refractivity contribution in [1.82, 2.24) is 25.4 Å². The average Bonchev–Trinajstić information content (AvgIpc) is 3.35. The summed E-state index contributed by atoms with van der Waals surface area (Å²) >= 11 is 6.33. The van der Waals surface area contributed by atoms with Gasteiger partial charge in [-0.3, -0.25) is 15.0 Å². The van der Waals surface area contributed by atoms with Crippen LogP contribution in [-0.2, 0) is 4.79 Å². The molecule has 2 aromatic carbocycles. The summed E-state index contributed by atoms with van der Waals surface area (Å²) in [6.07, 6.45) is 2.24. The lowest BCUT2D eigenvalue weighted by atomic mass is 10.1. The van der Waals surface area contributed by atoms with E-state index >= 15 is 0 Å². The SMILES string of the molecule is CC(C)CC(=O)COc1ccc(-c2nc(Nc3ccc4[nH]ncc4c3)n[nH]2)cc1Cl. The lowest BCUT2D eigenvalue weighted by Gasteiger charge is -2.09. The first kappa shape index (κ1) is 19.9. The third kappa shape index (κ3) is 4.60. The van der Waals surface area contributed by atoms with Gasteiger partial charge in [0.15, 0.2) is 11.6 Å². The number of benzene rings is 2. The van der Waals surface area contributed by atoms with E-state index in [0.717, 1.165) is 22.2 Å². The van der Waals surface area contributed by atoms with Gasteiger partial charge in [0.1, 0.15) is 12.4 Å². The molecule has 0 unspecified atom stereocenters. The van der Waals surface area contributed by atoms with Gasteiger partial charge in [0.05, 0.1) is 16.7 Å². The fourth-order valence-corrected chi connectivity index (χ4v) is 3.27. The molecule has 30 heavy (non-hydrogen) atoms. The highest BCUT2D eigenvalue weighted by atomic mass is 35.5. The Morgan fingerprint density at radius 1 is 1.20 bits per heavy atom. The highest BCUT2D eigenvalue weighted by Gasteiger charge is 2.12. The lowest BCUT2D eigenvalue weighted by molar-refractivity contribution is -0.121. The Kier molecular flexibility index (Phi) is 5.67. The second-order valence-corrected chi connectivity index (χ2v) is 7.78. The van der Waals surface area contributed by atoms with Crippen LogP contribution in [0.25, 0.3) is 22.3 Å². The molecular formula is C21H21ClN6O2. The number of hydrogen-bond acceptors (Lipinski definition) is 6. The summed E-state index contributed by atoms with van der Waals surface area (Å²) in [7, 11) is 0. The summed E-state index contributed by atoms with van der Waals surface area (Å²) in [6.45, 7) is 4.00. The molecular weight excluding hydrogens is 404 g/mol. The van der Waals surface area contributed by atoms with Crippen LogP contribution in [0.1, 0.15) is 20.3 Å². The molecule has 0 saturated carbocycles. The molecule has 0 radical (unpaired) electrons. The van der Waals surface area contributed by atoms with Crippen LogP contribution in [0.2, 0.25) is 5.02 Å². The first-order chi connectivity index (χ1) is 14.5. The zero-order chi connectivity index (χ0) is 21.1. The van der Waals surface area contributed by atoms with Gasteiger partial charge in [-0.05, 0) is 42.3 Å². The van der Waals surface area contributed by atoms with Crippen LogP contribution >= 0.6 is 11.6 Å². The second-order valence-electron chi connectivity index (χ2n) is 7.38. The average molecular weight is 425 g/mol. The Morgan fingerprint density at radius 3 is 2.87 bits per heavy atom. The number of halogens is 1. The minimum Gasteiger partial charge on any atom is -0.484 e. The van der Waals surface area contributed by atoms with E-state index in [1.165, 1.54) is 0 Å². The normalized spacial score (nSPS) is 11.2. The number of ketones is 1. The number of anilines is 2. The maximum absolute atomic E-state index is 11.8. The number of rotatable bonds is 8. The lowest BCUT2D eigenvalue weighted by Crippen LogP contribution is -2.13. The number of H-pyrrole nitrogens is 2. The van der Waals surface area contributed by atoms with E-state index in [4.69, 9.17) is 16.3 Å². The quantitative estimate of drug-likeness (QED) is 0.377. The molecule has 0 amide bonds. The number of carbonyl (C=O) groups excluding carboxylic acids is 1. The smallest absolute Gasteiger partial charge is 0.246 e. The number of nitrogens with zero attached hydrogens (tertiary/aromatic N) is 3. The van der Waals surface area contributed by atoms with Crippen LogP contribution in [0.15, 0.2) is 42.6 Å². The Balaban J connectivity index is 1.43. The zero-order valence-electron chi connectivity index (χ0n) is 16.6. The molecule has 0 bridgehead atoms. The highest BCUT2D eigenvalue weighted by molar-refractivity contribution is 6.32. The summed E-state index contributed by atoms with van der Waals surface area (Å²) in [5.74, 6) is 1.80. The van der Waals surface area contributed by atoms with Crippen LogP contribution in [0.3, 0.4) is 0 Å². The molecule has 0 saturated heterocycles. The standard InChI is InChI=1S/C21H21ClN6O2/c1-12(2)7-16(29)11-30-19-6-3-13(9-17(19)22)20-25-21(28-27-20)24-15-4-5-18-14(8-15)10-23-26-18/h3-6,8-10,12H,7,11H2,1-2H3,(H,23,26)(H2,24,25,27,28). The van der Waals surface area contributed by atoms with Crippen LogP contribution in [0.4, 0.5) is 11.6 Å². The molecule has 4 aromatic rings. The summed E-state index contributed by atoms with van der Waals surface area (Å²) in [6, 6.07) is 11.1. The first-order valence-corrected chi connectivity index (χ1v) is 9.92. The fourth-order valence-electron chi connectivity index (χ4n) is 3.03. The number of fused-ring (bicyclic) bond motifs is 1. The number of hydrogen-bond donors (Lipinski definition) is 3. The third-order valence-electron chi connectivity index (χ3n) is 4.41. The molecule has 2 heterocycles. The van der Waals surface area contributed by atoms with E-state index in [0.29, 0.717) is 34.9 Å². The first-order valence-electron chi connectivity index (χ1n) is 9.55. The summed E-state index contributed by atoms with van der Waals surface area (Å²) in [5, 5.41) is 18.6. The maximum Gasteiger partial charge on any atom is 0.246 e. The zero-order valence-corrected chi connectivity index (χ0v) is 17.3. The van der Waals surface area contributed by atoms with Gasteiger partial charge >= 0.3 is 0 Å². The van der Waals surface area contributed by atoms with E-state index in [9.17, 15) is 4.79 Å². The predicted octanol–water partition coefficient (Wildman–Crippen LogP) is 4.74. The summed E-state index contributed by atoms with van der Waals surface area (Å²) in [5.41, 5.74) is 2.56. The summed E-state index contributed by atoms with van der Waals surface area (Å²) < 4.78 is 5.56. The van der Waals surface area contributed by atoms with E-state index in [-0.39, 0.29) is 12.4 Å². The van der Waals surface area contributed by atoms with E-state index in [2.05, 4.69) is 30.7 Å². The monoisotopic (exact) mass is 424 g/mol. The largest absolute Gasteiger partial charge is 0.484 e. The number of aromatic nitrogens is 5. The van der Waals surface area contributed by atoms with Crippen molar-refractivity contribution >= 4 is 39.9 Å². The molecule has 9 heteroatoms. The Hall–Kier alpha value is -3.39. The molecule has 0 atom stereocenters. The fraction of sp³-hybridized carbons (Fsp3) is 0.238. The molecule has 2 aromatic heterocycles. The van der Waals surface area contributed by atoms with Gasteiger partial charge in [0.2, 0.25) is 5.95 Å². The number of Topliss-reactive ketones (excluding diaryl/α,β-unsaturated/α-hetero) is 1. The topological polar surface area (TPSA) is 109 Å². The molecule has 0 spiro atoms.